The zero-order valence-corrected chi connectivity index (χ0v) is 23.4. The number of hydrogen-bond acceptors (Lipinski definition) is 5. The van der Waals surface area contributed by atoms with E-state index in [0.29, 0.717) is 59.1 Å². The van der Waals surface area contributed by atoms with Gasteiger partial charge in [0.05, 0.1) is 10.0 Å². The molecule has 9 heteroatoms. The highest BCUT2D eigenvalue weighted by Gasteiger charge is 2.28. The van der Waals surface area contributed by atoms with Gasteiger partial charge in [0.25, 0.3) is 5.56 Å². The van der Waals surface area contributed by atoms with Gasteiger partial charge in [-0.05, 0) is 97.6 Å². The zero-order chi connectivity index (χ0) is 27.0. The summed E-state index contributed by atoms with van der Waals surface area (Å²) < 4.78 is 20.0. The van der Waals surface area contributed by atoms with Crippen molar-refractivity contribution >= 4 is 27.8 Å². The lowest BCUT2D eigenvalue weighted by Gasteiger charge is -2.34. The molecule has 0 spiro atoms. The van der Waals surface area contributed by atoms with Gasteiger partial charge in [0.15, 0.2) is 0 Å². The molecule has 5 rings (SSSR count). The summed E-state index contributed by atoms with van der Waals surface area (Å²) in [5, 5.41) is 2.95. The molecular formula is C29H32BrFN4O3. The molecule has 2 heterocycles. The number of H-pyrrole nitrogens is 1. The fourth-order valence-corrected chi connectivity index (χ4v) is 5.03. The first-order chi connectivity index (χ1) is 18.1. The minimum Gasteiger partial charge on any atom is -0.444 e. The Kier molecular flexibility index (Phi) is 7.31. The molecule has 0 bridgehead atoms. The van der Waals surface area contributed by atoms with Crippen LogP contribution in [0.1, 0.15) is 57.9 Å². The van der Waals surface area contributed by atoms with E-state index in [1.54, 1.807) is 12.1 Å². The van der Waals surface area contributed by atoms with E-state index in [4.69, 9.17) is 9.72 Å². The number of piperidine rings is 1. The van der Waals surface area contributed by atoms with Crippen LogP contribution in [0.5, 0.6) is 0 Å². The van der Waals surface area contributed by atoms with E-state index in [-0.39, 0.29) is 11.6 Å². The molecule has 0 radical (unpaired) electrons. The smallest absolute Gasteiger partial charge is 0.407 e. The van der Waals surface area contributed by atoms with Crippen molar-refractivity contribution in [2.45, 2.75) is 64.0 Å². The van der Waals surface area contributed by atoms with Crippen LogP contribution < -0.4 is 15.8 Å². The number of aromatic amines is 1. The Morgan fingerprint density at radius 3 is 2.34 bits per heavy atom. The summed E-state index contributed by atoms with van der Waals surface area (Å²) >= 11 is 3.18. The van der Waals surface area contributed by atoms with Crippen molar-refractivity contribution in [1.82, 2.24) is 15.3 Å². The summed E-state index contributed by atoms with van der Waals surface area (Å²) in [6, 6.07) is 12.8. The SMILES string of the molecule is CC(C)(C)OC(=O)NC1CCN(c2nc(-c3ccc(Br)c(F)c3)[nH]c(=O)c2-c2ccc(C3CC3)cc2)CC1. The van der Waals surface area contributed by atoms with Crippen LogP contribution in [-0.4, -0.2) is 40.8 Å². The molecule has 7 nitrogen and oxygen atoms in total. The van der Waals surface area contributed by atoms with E-state index in [0.717, 1.165) is 5.56 Å². The van der Waals surface area contributed by atoms with Gasteiger partial charge in [-0.2, -0.15) is 0 Å². The Morgan fingerprint density at radius 2 is 1.74 bits per heavy atom. The second kappa shape index (κ2) is 10.5. The molecule has 1 aliphatic carbocycles. The van der Waals surface area contributed by atoms with Crippen molar-refractivity contribution in [2.24, 2.45) is 0 Å². The number of nitrogens with one attached hydrogen (secondary N) is 2. The number of carbonyl (C=O) groups excluding carboxylic acids is 1. The van der Waals surface area contributed by atoms with Crippen LogP contribution in [0.3, 0.4) is 0 Å². The van der Waals surface area contributed by atoms with E-state index in [1.165, 1.54) is 24.5 Å². The highest BCUT2D eigenvalue weighted by molar-refractivity contribution is 9.10. The van der Waals surface area contributed by atoms with Crippen LogP contribution in [0.25, 0.3) is 22.5 Å². The summed E-state index contributed by atoms with van der Waals surface area (Å²) in [5.74, 6) is 1.05. The van der Waals surface area contributed by atoms with Gasteiger partial charge in [0, 0.05) is 24.7 Å². The molecule has 1 saturated carbocycles. The van der Waals surface area contributed by atoms with Crippen LogP contribution in [0.2, 0.25) is 0 Å². The molecule has 0 unspecified atom stereocenters. The molecule has 1 aromatic heterocycles. The number of alkyl carbamates (subject to hydrolysis) is 1. The first-order valence-electron chi connectivity index (χ1n) is 13.0. The van der Waals surface area contributed by atoms with E-state index in [9.17, 15) is 14.0 Å². The Hall–Kier alpha value is -3.20. The third kappa shape index (κ3) is 6.09. The largest absolute Gasteiger partial charge is 0.444 e. The average Bonchev–Trinajstić information content (AvgIpc) is 3.70. The number of anilines is 1. The lowest BCUT2D eigenvalue weighted by molar-refractivity contribution is 0.0497. The summed E-state index contributed by atoms with van der Waals surface area (Å²) in [7, 11) is 0. The highest BCUT2D eigenvalue weighted by Crippen LogP contribution is 2.41. The molecule has 1 saturated heterocycles. The summed E-state index contributed by atoms with van der Waals surface area (Å²) in [4.78, 5) is 35.6. The molecule has 1 aliphatic heterocycles. The lowest BCUT2D eigenvalue weighted by atomic mass is 10.0. The normalized spacial score (nSPS) is 16.4. The predicted molar refractivity (Wildman–Crippen MR) is 150 cm³/mol. The molecule has 2 N–H and O–H groups in total. The van der Waals surface area contributed by atoms with Crippen LogP contribution in [0.15, 0.2) is 51.7 Å². The van der Waals surface area contributed by atoms with Gasteiger partial charge in [0.2, 0.25) is 0 Å². The Morgan fingerprint density at radius 1 is 1.08 bits per heavy atom. The van der Waals surface area contributed by atoms with Gasteiger partial charge in [-0.1, -0.05) is 24.3 Å². The minimum atomic E-state index is -0.563. The Balaban J connectivity index is 1.45. The summed E-state index contributed by atoms with van der Waals surface area (Å²) in [5.41, 5.74) is 2.22. The molecule has 2 aliphatic rings. The molecule has 0 atom stereocenters. The maximum atomic E-state index is 14.3. The Labute approximate surface area is 229 Å². The molecule has 2 aromatic carbocycles. The van der Waals surface area contributed by atoms with Gasteiger partial charge >= 0.3 is 6.09 Å². The second-order valence-electron chi connectivity index (χ2n) is 11.0. The van der Waals surface area contributed by atoms with Crippen LogP contribution in [-0.2, 0) is 4.74 Å². The highest BCUT2D eigenvalue weighted by atomic mass is 79.9. The van der Waals surface area contributed by atoms with Crippen molar-refractivity contribution in [2.75, 3.05) is 18.0 Å². The fourth-order valence-electron chi connectivity index (χ4n) is 4.78. The fraction of sp³-hybridized carbons (Fsp3) is 0.414. The van der Waals surface area contributed by atoms with Crippen molar-refractivity contribution in [1.29, 1.82) is 0 Å². The van der Waals surface area contributed by atoms with Gasteiger partial charge in [-0.15, -0.1) is 0 Å². The summed E-state index contributed by atoms with van der Waals surface area (Å²) in [6.07, 6.45) is 3.34. The van der Waals surface area contributed by atoms with Crippen molar-refractivity contribution in [3.05, 3.63) is 68.7 Å². The molecule has 200 valence electrons. The maximum Gasteiger partial charge on any atom is 0.407 e. The van der Waals surface area contributed by atoms with E-state index >= 15 is 0 Å². The van der Waals surface area contributed by atoms with Gasteiger partial charge < -0.3 is 19.9 Å². The summed E-state index contributed by atoms with van der Waals surface area (Å²) in [6.45, 7) is 6.70. The quantitative estimate of drug-likeness (QED) is 0.364. The first-order valence-corrected chi connectivity index (χ1v) is 13.8. The Bertz CT molecular complexity index is 1390. The van der Waals surface area contributed by atoms with Crippen LogP contribution >= 0.6 is 15.9 Å². The second-order valence-corrected chi connectivity index (χ2v) is 11.9. The van der Waals surface area contributed by atoms with Crippen LogP contribution in [0.4, 0.5) is 15.0 Å². The van der Waals surface area contributed by atoms with Crippen molar-refractivity contribution < 1.29 is 13.9 Å². The molecule has 1 amide bonds. The third-order valence-electron chi connectivity index (χ3n) is 6.86. The zero-order valence-electron chi connectivity index (χ0n) is 21.8. The molecule has 2 fully saturated rings. The number of benzene rings is 2. The average molecular weight is 584 g/mol. The number of halogens is 2. The number of amides is 1. The molecule has 3 aromatic rings. The number of ether oxygens (including phenoxy) is 1. The number of rotatable bonds is 5. The standard InChI is InChI=1S/C29H32BrFN4O3/c1-29(2,3)38-28(37)32-21-12-14-35(15-13-21)26-24(19-8-6-18(7-9-19)17-4-5-17)27(36)34-25(33-26)20-10-11-22(30)23(31)16-20/h6-11,16-17,21H,4-5,12-15H2,1-3H3,(H,32,37)(H,33,34,36). The number of nitrogens with zero attached hydrogens (tertiary/aromatic N) is 2. The van der Waals surface area contributed by atoms with Crippen molar-refractivity contribution in [3.8, 4) is 22.5 Å². The molecule has 38 heavy (non-hydrogen) atoms. The lowest BCUT2D eigenvalue weighted by Crippen LogP contribution is -2.46. The van der Waals surface area contributed by atoms with E-state index in [2.05, 4.69) is 43.3 Å². The number of hydrogen-bond donors (Lipinski definition) is 2. The monoisotopic (exact) mass is 582 g/mol. The number of carbonyl (C=O) groups is 1. The van der Waals surface area contributed by atoms with E-state index in [1.807, 2.05) is 32.9 Å². The predicted octanol–water partition coefficient (Wildman–Crippen LogP) is 6.38. The van der Waals surface area contributed by atoms with Gasteiger partial charge in [-0.3, -0.25) is 4.79 Å². The van der Waals surface area contributed by atoms with E-state index < -0.39 is 17.5 Å². The third-order valence-corrected chi connectivity index (χ3v) is 7.50. The van der Waals surface area contributed by atoms with Gasteiger partial charge in [0.1, 0.15) is 23.1 Å². The van der Waals surface area contributed by atoms with Gasteiger partial charge in [-0.25, -0.2) is 14.2 Å². The van der Waals surface area contributed by atoms with Crippen molar-refractivity contribution in [3.63, 3.8) is 0 Å². The maximum absolute atomic E-state index is 14.3. The topological polar surface area (TPSA) is 87.3 Å². The first kappa shape index (κ1) is 26.4. The molecular weight excluding hydrogens is 551 g/mol. The minimum absolute atomic E-state index is 0.0376. The van der Waals surface area contributed by atoms with Crippen LogP contribution in [0, 0.1) is 5.82 Å². The number of aromatic nitrogens is 2.